The molecule has 2 aromatic carbocycles. The summed E-state index contributed by atoms with van der Waals surface area (Å²) in [5.41, 5.74) is 3.99. The number of fused-ring (bicyclic) bond motifs is 1. The largest absolute Gasteiger partial charge is 0.327 e. The lowest BCUT2D eigenvalue weighted by Crippen LogP contribution is -2.15. The number of carbonyl (C=O) groups is 1. The molecule has 1 unspecified atom stereocenters. The van der Waals surface area contributed by atoms with Crippen LogP contribution in [-0.4, -0.2) is 15.5 Å². The van der Waals surface area contributed by atoms with E-state index in [9.17, 15) is 4.79 Å². The van der Waals surface area contributed by atoms with Gasteiger partial charge in [-0.3, -0.25) is 4.79 Å². The first-order valence-electron chi connectivity index (χ1n) is 8.93. The maximum atomic E-state index is 12.2. The Morgan fingerprint density at radius 2 is 1.92 bits per heavy atom. The Hall–Kier alpha value is -2.62. The summed E-state index contributed by atoms with van der Waals surface area (Å²) >= 11 is 0. The molecule has 1 aliphatic rings. The molecule has 1 N–H and O–H groups in total. The molecule has 1 amide bonds. The van der Waals surface area contributed by atoms with E-state index in [1.807, 2.05) is 49.5 Å². The van der Waals surface area contributed by atoms with Crippen molar-refractivity contribution in [1.29, 1.82) is 0 Å². The van der Waals surface area contributed by atoms with Crippen molar-refractivity contribution >= 4 is 22.6 Å². The topological polar surface area (TPSA) is 46.9 Å². The molecule has 0 radical (unpaired) electrons. The fraction of sp³-hybridized carbons (Fsp3) is 0.333. The minimum Gasteiger partial charge on any atom is -0.327 e. The Kier molecular flexibility index (Phi) is 4.04. The van der Waals surface area contributed by atoms with Crippen molar-refractivity contribution in [3.8, 4) is 11.4 Å². The molecule has 0 spiro atoms. The molecule has 25 heavy (non-hydrogen) atoms. The van der Waals surface area contributed by atoms with E-state index in [0.717, 1.165) is 34.0 Å². The van der Waals surface area contributed by atoms with Crippen LogP contribution in [-0.2, 0) is 11.8 Å². The summed E-state index contributed by atoms with van der Waals surface area (Å²) in [5.74, 6) is 2.28. The van der Waals surface area contributed by atoms with Gasteiger partial charge in [0.2, 0.25) is 5.91 Å². The molecule has 0 bridgehead atoms. The van der Waals surface area contributed by atoms with Crippen molar-refractivity contribution < 1.29 is 4.79 Å². The van der Waals surface area contributed by atoms with E-state index in [1.54, 1.807) is 0 Å². The third kappa shape index (κ3) is 3.29. The number of benzene rings is 2. The van der Waals surface area contributed by atoms with Crippen molar-refractivity contribution in [2.45, 2.75) is 26.2 Å². The van der Waals surface area contributed by atoms with Gasteiger partial charge in [0, 0.05) is 24.7 Å². The van der Waals surface area contributed by atoms with Gasteiger partial charge in [-0.05, 0) is 61.1 Å². The summed E-state index contributed by atoms with van der Waals surface area (Å²) < 4.78 is 2.10. The van der Waals surface area contributed by atoms with E-state index < -0.39 is 0 Å². The number of para-hydroxylation sites is 2. The third-order valence-electron chi connectivity index (χ3n) is 5.15. The first-order valence-corrected chi connectivity index (χ1v) is 8.93. The zero-order valence-corrected chi connectivity index (χ0v) is 14.7. The van der Waals surface area contributed by atoms with Crippen LogP contribution in [0.4, 0.5) is 5.69 Å². The predicted molar refractivity (Wildman–Crippen MR) is 101 cm³/mol. The van der Waals surface area contributed by atoms with Crippen LogP contribution in [0.2, 0.25) is 0 Å². The zero-order valence-electron chi connectivity index (χ0n) is 14.7. The van der Waals surface area contributed by atoms with E-state index in [4.69, 9.17) is 4.98 Å². The van der Waals surface area contributed by atoms with Crippen LogP contribution in [0.3, 0.4) is 0 Å². The minimum atomic E-state index is 0.106. The average Bonchev–Trinajstić information content (AvgIpc) is 3.41. The molecule has 1 saturated carbocycles. The van der Waals surface area contributed by atoms with Crippen molar-refractivity contribution in [2.75, 3.05) is 5.32 Å². The van der Waals surface area contributed by atoms with Gasteiger partial charge in [-0.1, -0.05) is 19.1 Å². The highest BCUT2D eigenvalue weighted by molar-refractivity contribution is 5.91. The van der Waals surface area contributed by atoms with Crippen LogP contribution >= 0.6 is 0 Å². The Morgan fingerprint density at radius 3 is 2.60 bits per heavy atom. The lowest BCUT2D eigenvalue weighted by atomic mass is 10.0. The normalized spacial score (nSPS) is 15.3. The van der Waals surface area contributed by atoms with E-state index in [0.29, 0.717) is 12.3 Å². The van der Waals surface area contributed by atoms with Crippen LogP contribution < -0.4 is 5.32 Å². The van der Waals surface area contributed by atoms with Gasteiger partial charge in [0.25, 0.3) is 0 Å². The number of amides is 1. The molecule has 1 fully saturated rings. The Labute approximate surface area is 147 Å². The van der Waals surface area contributed by atoms with Gasteiger partial charge < -0.3 is 9.88 Å². The smallest absolute Gasteiger partial charge is 0.224 e. The second-order valence-corrected chi connectivity index (χ2v) is 7.13. The second-order valence-electron chi connectivity index (χ2n) is 7.13. The Balaban J connectivity index is 1.49. The third-order valence-corrected chi connectivity index (χ3v) is 5.15. The Morgan fingerprint density at radius 1 is 1.20 bits per heavy atom. The van der Waals surface area contributed by atoms with Crippen LogP contribution in [0.25, 0.3) is 22.4 Å². The summed E-state index contributed by atoms with van der Waals surface area (Å²) in [7, 11) is 2.03. The van der Waals surface area contributed by atoms with E-state index in [2.05, 4.69) is 22.9 Å². The molecular weight excluding hydrogens is 310 g/mol. The minimum absolute atomic E-state index is 0.106. The van der Waals surface area contributed by atoms with Gasteiger partial charge in [0.05, 0.1) is 11.0 Å². The molecule has 128 valence electrons. The summed E-state index contributed by atoms with van der Waals surface area (Å²) in [5, 5.41) is 3.01. The molecule has 4 rings (SSSR count). The van der Waals surface area contributed by atoms with Crippen molar-refractivity contribution in [3.05, 3.63) is 48.5 Å². The predicted octanol–water partition coefficient (Wildman–Crippen LogP) is 4.62. The lowest BCUT2D eigenvalue weighted by molar-refractivity contribution is -0.117. The number of anilines is 1. The summed E-state index contributed by atoms with van der Waals surface area (Å²) in [6.07, 6.45) is 3.17. The van der Waals surface area contributed by atoms with E-state index >= 15 is 0 Å². The van der Waals surface area contributed by atoms with Gasteiger partial charge in [0.15, 0.2) is 0 Å². The number of hydrogen-bond acceptors (Lipinski definition) is 2. The second kappa shape index (κ2) is 6.36. The maximum Gasteiger partial charge on any atom is 0.224 e. The fourth-order valence-corrected chi connectivity index (χ4v) is 3.44. The molecule has 4 nitrogen and oxygen atoms in total. The fourth-order valence-electron chi connectivity index (χ4n) is 3.44. The van der Waals surface area contributed by atoms with Crippen molar-refractivity contribution in [2.24, 2.45) is 18.9 Å². The molecule has 3 aromatic rings. The molecule has 0 saturated heterocycles. The SMILES string of the molecule is CC(CC(=O)Nc1ccc(-c2nc3ccccc3n2C)cc1)C1CC1. The first kappa shape index (κ1) is 15.9. The molecule has 1 atom stereocenters. The van der Waals surface area contributed by atoms with Gasteiger partial charge in [-0.2, -0.15) is 0 Å². The monoisotopic (exact) mass is 333 g/mol. The highest BCUT2D eigenvalue weighted by Crippen LogP contribution is 2.38. The zero-order chi connectivity index (χ0) is 17.4. The van der Waals surface area contributed by atoms with Gasteiger partial charge in [-0.25, -0.2) is 4.98 Å². The van der Waals surface area contributed by atoms with Crippen LogP contribution in [0.1, 0.15) is 26.2 Å². The van der Waals surface area contributed by atoms with Gasteiger partial charge in [-0.15, -0.1) is 0 Å². The summed E-state index contributed by atoms with van der Waals surface area (Å²) in [6.45, 7) is 2.17. The van der Waals surface area contributed by atoms with E-state index in [1.165, 1.54) is 12.8 Å². The van der Waals surface area contributed by atoms with Crippen LogP contribution in [0.15, 0.2) is 48.5 Å². The number of aromatic nitrogens is 2. The number of carbonyl (C=O) groups excluding carboxylic acids is 1. The highest BCUT2D eigenvalue weighted by atomic mass is 16.1. The van der Waals surface area contributed by atoms with Crippen LogP contribution in [0, 0.1) is 11.8 Å². The van der Waals surface area contributed by atoms with Crippen LogP contribution in [0.5, 0.6) is 0 Å². The molecule has 1 aliphatic carbocycles. The lowest BCUT2D eigenvalue weighted by Gasteiger charge is -2.11. The average molecular weight is 333 g/mol. The summed E-state index contributed by atoms with van der Waals surface area (Å²) in [6, 6.07) is 16.1. The number of aryl methyl sites for hydroxylation is 1. The standard InChI is InChI=1S/C21H23N3O/c1-14(15-7-8-15)13-20(25)22-17-11-9-16(10-12-17)21-23-18-5-3-4-6-19(18)24(21)2/h3-6,9-12,14-15H,7-8,13H2,1-2H3,(H,22,25). The first-order chi connectivity index (χ1) is 12.1. The molecule has 4 heteroatoms. The molecule has 1 heterocycles. The molecule has 1 aromatic heterocycles. The van der Waals surface area contributed by atoms with Gasteiger partial charge in [0.1, 0.15) is 5.82 Å². The van der Waals surface area contributed by atoms with Crippen molar-refractivity contribution in [3.63, 3.8) is 0 Å². The molecular formula is C21H23N3O. The number of nitrogens with zero attached hydrogens (tertiary/aromatic N) is 2. The number of hydrogen-bond donors (Lipinski definition) is 1. The van der Waals surface area contributed by atoms with E-state index in [-0.39, 0.29) is 5.91 Å². The number of rotatable bonds is 5. The number of imidazole rings is 1. The molecule has 0 aliphatic heterocycles. The summed E-state index contributed by atoms with van der Waals surface area (Å²) in [4.78, 5) is 16.9. The van der Waals surface area contributed by atoms with Gasteiger partial charge >= 0.3 is 0 Å². The highest BCUT2D eigenvalue weighted by Gasteiger charge is 2.29. The quantitative estimate of drug-likeness (QED) is 0.741. The van der Waals surface area contributed by atoms with Crippen molar-refractivity contribution in [1.82, 2.24) is 9.55 Å². The number of nitrogens with one attached hydrogen (secondary N) is 1. The maximum absolute atomic E-state index is 12.2. The Bertz CT molecular complexity index is 907.